The smallest absolute Gasteiger partial charge is 0.306 e. The lowest BCUT2D eigenvalue weighted by Crippen LogP contribution is -2.37. The van der Waals surface area contributed by atoms with Crippen molar-refractivity contribution in [2.45, 2.75) is 32.6 Å². The number of amides is 1. The molecule has 1 aliphatic rings. The van der Waals surface area contributed by atoms with Crippen molar-refractivity contribution in [2.24, 2.45) is 11.8 Å². The topological polar surface area (TPSA) is 60.9 Å². The van der Waals surface area contributed by atoms with Crippen LogP contribution < -0.4 is 0 Å². The predicted molar refractivity (Wildman–Crippen MR) is 73.9 cm³/mol. The van der Waals surface area contributed by atoms with E-state index in [1.165, 1.54) is 0 Å². The van der Waals surface area contributed by atoms with Gasteiger partial charge in [-0.05, 0) is 53.2 Å². The molecule has 1 amide bonds. The minimum absolute atomic E-state index is 0.0830. The van der Waals surface area contributed by atoms with Crippen LogP contribution >= 0.6 is 0 Å². The van der Waals surface area contributed by atoms with Crippen molar-refractivity contribution in [1.29, 1.82) is 0 Å². The number of carboxylic acids is 1. The van der Waals surface area contributed by atoms with E-state index >= 15 is 0 Å². The first-order valence-electron chi connectivity index (χ1n) is 7.12. The molecule has 0 aromatic carbocycles. The van der Waals surface area contributed by atoms with Crippen molar-refractivity contribution in [3.8, 4) is 0 Å². The number of hydrogen-bond donors (Lipinski definition) is 1. The number of hydrogen-bond acceptors (Lipinski definition) is 3. The Morgan fingerprint density at radius 1 is 1.16 bits per heavy atom. The number of aliphatic carboxylic acids is 1. The molecule has 0 saturated heterocycles. The number of nitrogens with zero attached hydrogens (tertiary/aromatic N) is 2. The summed E-state index contributed by atoms with van der Waals surface area (Å²) in [6, 6.07) is 0. The molecule has 1 aliphatic carbocycles. The van der Waals surface area contributed by atoms with Gasteiger partial charge in [0.05, 0.1) is 5.92 Å². The Balaban J connectivity index is 2.43. The number of rotatable bonds is 7. The first-order chi connectivity index (χ1) is 8.95. The van der Waals surface area contributed by atoms with Crippen molar-refractivity contribution in [2.75, 3.05) is 33.7 Å². The Labute approximate surface area is 115 Å². The Morgan fingerprint density at radius 2 is 1.79 bits per heavy atom. The monoisotopic (exact) mass is 270 g/mol. The van der Waals surface area contributed by atoms with Crippen LogP contribution in [0.1, 0.15) is 32.6 Å². The maximum absolute atomic E-state index is 12.3. The van der Waals surface area contributed by atoms with Gasteiger partial charge in [-0.3, -0.25) is 9.59 Å². The van der Waals surface area contributed by atoms with E-state index in [1.54, 1.807) is 0 Å². The summed E-state index contributed by atoms with van der Waals surface area (Å²) in [7, 11) is 4.04. The molecular weight excluding hydrogens is 244 g/mol. The van der Waals surface area contributed by atoms with Crippen LogP contribution in [0.5, 0.6) is 0 Å². The highest BCUT2D eigenvalue weighted by atomic mass is 16.4. The second kappa shape index (κ2) is 7.48. The molecule has 0 heterocycles. The van der Waals surface area contributed by atoms with Gasteiger partial charge in [-0.2, -0.15) is 0 Å². The van der Waals surface area contributed by atoms with E-state index in [0.29, 0.717) is 19.4 Å². The zero-order valence-electron chi connectivity index (χ0n) is 12.3. The molecule has 0 unspecified atom stereocenters. The lowest BCUT2D eigenvalue weighted by Gasteiger charge is -2.25. The molecular formula is C14H26N2O3. The van der Waals surface area contributed by atoms with Gasteiger partial charge in [0.1, 0.15) is 0 Å². The Morgan fingerprint density at radius 3 is 2.26 bits per heavy atom. The fraction of sp³-hybridized carbons (Fsp3) is 0.857. The third-order valence-electron chi connectivity index (χ3n) is 3.86. The molecule has 0 bridgehead atoms. The minimum Gasteiger partial charge on any atom is -0.481 e. The van der Waals surface area contributed by atoms with Crippen LogP contribution in [-0.4, -0.2) is 60.5 Å². The molecule has 0 aliphatic heterocycles. The normalized spacial score (nSPS) is 22.7. The molecule has 0 aromatic heterocycles. The largest absolute Gasteiger partial charge is 0.481 e. The summed E-state index contributed by atoms with van der Waals surface area (Å²) in [5, 5.41) is 8.98. The maximum atomic E-state index is 12.3. The highest BCUT2D eigenvalue weighted by molar-refractivity contribution is 5.81. The molecule has 19 heavy (non-hydrogen) atoms. The van der Waals surface area contributed by atoms with Gasteiger partial charge in [0.2, 0.25) is 5.91 Å². The van der Waals surface area contributed by atoms with Crippen molar-refractivity contribution in [1.82, 2.24) is 9.80 Å². The van der Waals surface area contributed by atoms with E-state index in [1.807, 2.05) is 25.9 Å². The van der Waals surface area contributed by atoms with Crippen LogP contribution in [-0.2, 0) is 9.59 Å². The minimum atomic E-state index is -0.758. The molecule has 0 spiro atoms. The quantitative estimate of drug-likeness (QED) is 0.757. The molecule has 1 fully saturated rings. The van der Waals surface area contributed by atoms with Gasteiger partial charge in [-0.1, -0.05) is 0 Å². The van der Waals surface area contributed by atoms with Crippen LogP contribution in [0.15, 0.2) is 0 Å². The molecule has 5 heteroatoms. The maximum Gasteiger partial charge on any atom is 0.306 e. The van der Waals surface area contributed by atoms with E-state index in [2.05, 4.69) is 4.90 Å². The molecule has 2 atom stereocenters. The zero-order chi connectivity index (χ0) is 14.4. The second-order valence-electron chi connectivity index (χ2n) is 5.62. The molecule has 1 rings (SSSR count). The summed E-state index contributed by atoms with van der Waals surface area (Å²) < 4.78 is 0. The fourth-order valence-electron chi connectivity index (χ4n) is 2.69. The fourth-order valence-corrected chi connectivity index (χ4v) is 2.69. The van der Waals surface area contributed by atoms with Gasteiger partial charge in [-0.25, -0.2) is 0 Å². The van der Waals surface area contributed by atoms with Crippen LogP contribution in [0.25, 0.3) is 0 Å². The third kappa shape index (κ3) is 4.82. The molecule has 0 radical (unpaired) electrons. The number of carbonyl (C=O) groups excluding carboxylic acids is 1. The summed E-state index contributed by atoms with van der Waals surface area (Å²) in [6.45, 7) is 4.42. The average molecular weight is 270 g/mol. The lowest BCUT2D eigenvalue weighted by atomic mass is 10.0. The predicted octanol–water partition coefficient (Wildman–Crippen LogP) is 1.29. The van der Waals surface area contributed by atoms with Crippen molar-refractivity contribution < 1.29 is 14.7 Å². The molecule has 110 valence electrons. The van der Waals surface area contributed by atoms with E-state index in [4.69, 9.17) is 5.11 Å². The second-order valence-corrected chi connectivity index (χ2v) is 5.62. The highest BCUT2D eigenvalue weighted by Crippen LogP contribution is 2.32. The SMILES string of the molecule is CCN(CCCN(C)C)C(=O)[C@@H]1CC[C@H](C(=O)O)C1. The van der Waals surface area contributed by atoms with Gasteiger partial charge in [0.25, 0.3) is 0 Å². The van der Waals surface area contributed by atoms with E-state index in [-0.39, 0.29) is 17.7 Å². The molecule has 0 aromatic rings. The molecule has 1 saturated carbocycles. The third-order valence-corrected chi connectivity index (χ3v) is 3.86. The molecule has 1 N–H and O–H groups in total. The van der Waals surface area contributed by atoms with Gasteiger partial charge in [0.15, 0.2) is 0 Å². The number of carboxylic acid groups (broad SMARTS) is 1. The van der Waals surface area contributed by atoms with Crippen LogP contribution in [0.3, 0.4) is 0 Å². The zero-order valence-corrected chi connectivity index (χ0v) is 12.3. The van der Waals surface area contributed by atoms with Crippen LogP contribution in [0.4, 0.5) is 0 Å². The van der Waals surface area contributed by atoms with Gasteiger partial charge in [0, 0.05) is 19.0 Å². The van der Waals surface area contributed by atoms with Crippen molar-refractivity contribution in [3.05, 3.63) is 0 Å². The van der Waals surface area contributed by atoms with Crippen LogP contribution in [0, 0.1) is 11.8 Å². The summed E-state index contributed by atoms with van der Waals surface area (Å²) >= 11 is 0. The first-order valence-corrected chi connectivity index (χ1v) is 7.12. The van der Waals surface area contributed by atoms with Gasteiger partial charge < -0.3 is 14.9 Å². The van der Waals surface area contributed by atoms with Crippen molar-refractivity contribution >= 4 is 11.9 Å². The van der Waals surface area contributed by atoms with E-state index < -0.39 is 5.97 Å². The molecule has 5 nitrogen and oxygen atoms in total. The van der Waals surface area contributed by atoms with Crippen LogP contribution in [0.2, 0.25) is 0 Å². The summed E-state index contributed by atoms with van der Waals surface area (Å²) in [5.74, 6) is -1.02. The summed E-state index contributed by atoms with van der Waals surface area (Å²) in [6.07, 6.45) is 2.83. The van der Waals surface area contributed by atoms with Gasteiger partial charge in [-0.15, -0.1) is 0 Å². The standard InChI is InChI=1S/C14H26N2O3/c1-4-16(9-5-8-15(2)3)13(17)11-6-7-12(10-11)14(18)19/h11-12H,4-10H2,1-3H3,(H,18,19)/t11-,12+/m1/s1. The highest BCUT2D eigenvalue weighted by Gasteiger charge is 2.35. The van der Waals surface area contributed by atoms with E-state index in [9.17, 15) is 9.59 Å². The Bertz CT molecular complexity index is 318. The Kier molecular flexibility index (Phi) is 6.28. The average Bonchev–Trinajstić information content (AvgIpc) is 2.83. The summed E-state index contributed by atoms with van der Waals surface area (Å²) in [5.41, 5.74) is 0. The lowest BCUT2D eigenvalue weighted by molar-refractivity contribution is -0.141. The summed E-state index contributed by atoms with van der Waals surface area (Å²) in [4.78, 5) is 27.2. The Hall–Kier alpha value is -1.10. The van der Waals surface area contributed by atoms with Gasteiger partial charge >= 0.3 is 5.97 Å². The number of carbonyl (C=O) groups is 2. The van der Waals surface area contributed by atoms with E-state index in [0.717, 1.165) is 25.9 Å². The van der Waals surface area contributed by atoms with Crippen molar-refractivity contribution in [3.63, 3.8) is 0 Å². The first kappa shape index (κ1) is 16.0.